The fourth-order valence-corrected chi connectivity index (χ4v) is 2.54. The molecule has 3 rings (SSSR count). The van der Waals surface area contributed by atoms with E-state index >= 15 is 0 Å². The SMILES string of the molecule is CC(=O)Nc1ccc(-c2ccccc2-c2ccccc2)cc1.F.F.F.F.[B]. The van der Waals surface area contributed by atoms with Gasteiger partial charge in [0.05, 0.1) is 0 Å². The van der Waals surface area contributed by atoms with Crippen molar-refractivity contribution < 1.29 is 23.6 Å². The van der Waals surface area contributed by atoms with Gasteiger partial charge in [0.25, 0.3) is 0 Å². The fourth-order valence-electron chi connectivity index (χ4n) is 2.54. The summed E-state index contributed by atoms with van der Waals surface area (Å²) < 4.78 is 0. The van der Waals surface area contributed by atoms with E-state index in [1.54, 1.807) is 0 Å². The first-order chi connectivity index (χ1) is 10.7. The number of benzene rings is 3. The lowest BCUT2D eigenvalue weighted by Crippen LogP contribution is -2.05. The molecule has 0 atom stereocenters. The van der Waals surface area contributed by atoms with Crippen molar-refractivity contribution in [3.8, 4) is 22.3 Å². The van der Waals surface area contributed by atoms with Crippen molar-refractivity contribution in [1.82, 2.24) is 0 Å². The molecule has 0 saturated carbocycles. The van der Waals surface area contributed by atoms with Crippen LogP contribution in [0.1, 0.15) is 6.92 Å². The van der Waals surface area contributed by atoms with Crippen molar-refractivity contribution in [2.45, 2.75) is 6.92 Å². The zero-order chi connectivity index (χ0) is 15.4. The average molecular weight is 378 g/mol. The lowest BCUT2D eigenvalue weighted by Gasteiger charge is -2.11. The van der Waals surface area contributed by atoms with Gasteiger partial charge in [-0.25, -0.2) is 0 Å². The van der Waals surface area contributed by atoms with E-state index in [4.69, 9.17) is 0 Å². The Morgan fingerprint density at radius 1 is 0.630 bits per heavy atom. The highest BCUT2D eigenvalue weighted by Crippen LogP contribution is 2.32. The van der Waals surface area contributed by atoms with Crippen molar-refractivity contribution in [3.63, 3.8) is 0 Å². The van der Waals surface area contributed by atoms with Crippen LogP contribution in [-0.4, -0.2) is 14.3 Å². The van der Waals surface area contributed by atoms with Gasteiger partial charge >= 0.3 is 0 Å². The van der Waals surface area contributed by atoms with E-state index in [-0.39, 0.29) is 33.1 Å². The third-order valence-corrected chi connectivity index (χ3v) is 3.53. The summed E-state index contributed by atoms with van der Waals surface area (Å²) in [7, 11) is 0. The molecule has 3 radical (unpaired) electrons. The number of halogens is 4. The first kappa shape index (κ1) is 28.7. The van der Waals surface area contributed by atoms with Gasteiger partial charge in [0.2, 0.25) is 5.91 Å². The van der Waals surface area contributed by atoms with Gasteiger partial charge in [0, 0.05) is 21.0 Å². The van der Waals surface area contributed by atoms with Crippen LogP contribution in [0.3, 0.4) is 0 Å². The molecule has 0 aliphatic heterocycles. The molecule has 0 saturated heterocycles. The molecule has 3 aromatic carbocycles. The Labute approximate surface area is 157 Å². The second-order valence-corrected chi connectivity index (χ2v) is 5.17. The minimum absolute atomic E-state index is 0. The van der Waals surface area contributed by atoms with E-state index in [0.717, 1.165) is 11.3 Å². The van der Waals surface area contributed by atoms with Crippen molar-refractivity contribution in [2.75, 3.05) is 5.32 Å². The third-order valence-electron chi connectivity index (χ3n) is 3.53. The summed E-state index contributed by atoms with van der Waals surface area (Å²) in [6, 6.07) is 26.6. The lowest BCUT2D eigenvalue weighted by atomic mass is 9.94. The molecule has 0 heterocycles. The molecule has 0 aliphatic carbocycles. The Morgan fingerprint density at radius 2 is 1.04 bits per heavy atom. The molecule has 0 aliphatic rings. The van der Waals surface area contributed by atoms with E-state index in [1.165, 1.54) is 23.6 Å². The Bertz CT molecular complexity index is 799. The quantitative estimate of drug-likeness (QED) is 0.492. The van der Waals surface area contributed by atoms with Crippen molar-refractivity contribution in [3.05, 3.63) is 78.9 Å². The molecule has 0 spiro atoms. The molecule has 3 aromatic rings. The predicted molar refractivity (Wildman–Crippen MR) is 107 cm³/mol. The third kappa shape index (κ3) is 6.97. The molecule has 1 amide bonds. The standard InChI is InChI=1S/C20H17NO.B.4FH/c1-15(22)21-18-13-11-17(12-14-18)20-10-6-5-9-19(20)16-7-3-2-4-8-16;;;;;/h2-14H,1H3,(H,21,22);;4*1H. The van der Waals surface area contributed by atoms with Gasteiger partial charge in [-0.05, 0) is 34.4 Å². The maximum atomic E-state index is 11.1. The topological polar surface area (TPSA) is 29.1 Å². The van der Waals surface area contributed by atoms with Crippen LogP contribution >= 0.6 is 0 Å². The van der Waals surface area contributed by atoms with Crippen LogP contribution in [0.25, 0.3) is 22.3 Å². The molecule has 143 valence electrons. The van der Waals surface area contributed by atoms with Gasteiger partial charge in [0.15, 0.2) is 0 Å². The molecular weight excluding hydrogens is 357 g/mol. The van der Waals surface area contributed by atoms with Gasteiger partial charge in [-0.1, -0.05) is 66.7 Å². The van der Waals surface area contributed by atoms with Crippen LogP contribution in [0.2, 0.25) is 0 Å². The summed E-state index contributed by atoms with van der Waals surface area (Å²) in [5, 5.41) is 2.79. The summed E-state index contributed by atoms with van der Waals surface area (Å²) in [6.45, 7) is 1.51. The molecule has 0 fully saturated rings. The Morgan fingerprint density at radius 3 is 1.48 bits per heavy atom. The smallest absolute Gasteiger partial charge is 0.221 e. The monoisotopic (exact) mass is 378 g/mol. The van der Waals surface area contributed by atoms with Crippen molar-refractivity contribution >= 4 is 20.0 Å². The number of rotatable bonds is 3. The lowest BCUT2D eigenvalue weighted by molar-refractivity contribution is -0.114. The summed E-state index contributed by atoms with van der Waals surface area (Å²) in [5.74, 6) is -0.0579. The Kier molecular flexibility index (Phi) is 14.0. The van der Waals surface area contributed by atoms with Crippen LogP contribution in [-0.2, 0) is 4.79 Å². The number of hydrogen-bond donors (Lipinski definition) is 1. The van der Waals surface area contributed by atoms with E-state index < -0.39 is 0 Å². The largest absolute Gasteiger partial charge is 0.326 e. The molecule has 7 heteroatoms. The van der Waals surface area contributed by atoms with Gasteiger partial charge in [-0.15, -0.1) is 0 Å². The Hall–Kier alpha value is -3.09. The van der Waals surface area contributed by atoms with Gasteiger partial charge in [-0.2, -0.15) is 0 Å². The predicted octanol–water partition coefficient (Wildman–Crippen LogP) is 5.21. The van der Waals surface area contributed by atoms with E-state index in [0.29, 0.717) is 0 Å². The second-order valence-electron chi connectivity index (χ2n) is 5.17. The van der Waals surface area contributed by atoms with Gasteiger partial charge in [0.1, 0.15) is 0 Å². The molecule has 0 aromatic heterocycles. The zero-order valence-electron chi connectivity index (χ0n) is 14.6. The zero-order valence-corrected chi connectivity index (χ0v) is 14.6. The maximum absolute atomic E-state index is 11.1. The number of hydrogen-bond acceptors (Lipinski definition) is 1. The molecule has 0 unspecified atom stereocenters. The highest BCUT2D eigenvalue weighted by molar-refractivity contribution is 5.89. The second kappa shape index (κ2) is 13.2. The number of anilines is 1. The highest BCUT2D eigenvalue weighted by Gasteiger charge is 2.06. The van der Waals surface area contributed by atoms with Crippen LogP contribution in [0.4, 0.5) is 24.5 Å². The molecular formula is C20H21BF4NO. The minimum atomic E-state index is -0.0579. The number of carbonyl (C=O) groups excluding carboxylic acids is 1. The summed E-state index contributed by atoms with van der Waals surface area (Å²) in [4.78, 5) is 11.1. The Balaban J connectivity index is -0.00000115. The number of carbonyl (C=O) groups is 1. The van der Waals surface area contributed by atoms with Crippen molar-refractivity contribution in [2.24, 2.45) is 0 Å². The maximum Gasteiger partial charge on any atom is 0.221 e. The fraction of sp³-hybridized carbons (Fsp3) is 0.0500. The molecule has 1 N–H and O–H groups in total. The number of nitrogens with one attached hydrogen (secondary N) is 1. The van der Waals surface area contributed by atoms with Crippen LogP contribution in [0.15, 0.2) is 78.9 Å². The van der Waals surface area contributed by atoms with Crippen molar-refractivity contribution in [1.29, 1.82) is 0 Å². The summed E-state index contributed by atoms with van der Waals surface area (Å²) >= 11 is 0. The van der Waals surface area contributed by atoms with Crippen LogP contribution in [0, 0.1) is 0 Å². The summed E-state index contributed by atoms with van der Waals surface area (Å²) in [5.41, 5.74) is 5.53. The van der Waals surface area contributed by atoms with Gasteiger partial charge < -0.3 is 5.32 Å². The number of amides is 1. The van der Waals surface area contributed by atoms with E-state index in [1.807, 2.05) is 48.5 Å². The minimum Gasteiger partial charge on any atom is -0.326 e. The van der Waals surface area contributed by atoms with E-state index in [9.17, 15) is 4.79 Å². The van der Waals surface area contributed by atoms with E-state index in [2.05, 4.69) is 35.6 Å². The average Bonchev–Trinajstić information content (AvgIpc) is 2.56. The molecule has 2 nitrogen and oxygen atoms in total. The van der Waals surface area contributed by atoms with Crippen LogP contribution < -0.4 is 5.32 Å². The normalized spacial score (nSPS) is 8.33. The highest BCUT2D eigenvalue weighted by atomic mass is 19.0. The van der Waals surface area contributed by atoms with Gasteiger partial charge in [-0.3, -0.25) is 23.6 Å². The molecule has 0 bridgehead atoms. The van der Waals surface area contributed by atoms with Crippen LogP contribution in [0.5, 0.6) is 0 Å². The summed E-state index contributed by atoms with van der Waals surface area (Å²) in [6.07, 6.45) is 0. The first-order valence-electron chi connectivity index (χ1n) is 7.26. The molecule has 27 heavy (non-hydrogen) atoms. The first-order valence-corrected chi connectivity index (χ1v) is 7.26.